The van der Waals surface area contributed by atoms with Crippen LogP contribution in [0.15, 0.2) is 47.1 Å². The molecule has 2 amide bonds. The van der Waals surface area contributed by atoms with Crippen molar-refractivity contribution in [3.8, 4) is 0 Å². The van der Waals surface area contributed by atoms with E-state index in [1.54, 1.807) is 11.2 Å². The molecule has 2 heterocycles. The Bertz CT molecular complexity index is 1060. The van der Waals surface area contributed by atoms with Crippen molar-refractivity contribution in [1.29, 1.82) is 0 Å². The smallest absolute Gasteiger partial charge is 0.254 e. The van der Waals surface area contributed by atoms with Crippen molar-refractivity contribution in [3.63, 3.8) is 0 Å². The quantitative estimate of drug-likeness (QED) is 0.705. The average molecular weight is 406 g/mol. The molecule has 1 aliphatic rings. The van der Waals surface area contributed by atoms with Gasteiger partial charge in [0.25, 0.3) is 5.91 Å². The van der Waals surface area contributed by atoms with Crippen molar-refractivity contribution < 1.29 is 18.7 Å². The fourth-order valence-electron chi connectivity index (χ4n) is 3.62. The Morgan fingerprint density at radius 2 is 1.73 bits per heavy atom. The van der Waals surface area contributed by atoms with Gasteiger partial charge in [-0.1, -0.05) is 12.1 Å². The van der Waals surface area contributed by atoms with Crippen molar-refractivity contribution >= 4 is 22.8 Å². The maximum absolute atomic E-state index is 12.5. The molecule has 30 heavy (non-hydrogen) atoms. The zero-order valence-electron chi connectivity index (χ0n) is 17.4. The standard InChI is InChI=1S/C24H26N2O4/c1-16-11-21-20(15-30-22(21)12-17(16)2)13-23(27)25-14-18-3-5-19(6-4-18)24(28)26-7-9-29-10-8-26/h3-6,11-12,15H,7-10,13-14H2,1-2H3,(H,25,27). The Hall–Kier alpha value is -3.12. The van der Waals surface area contributed by atoms with Gasteiger partial charge in [0.15, 0.2) is 0 Å². The molecule has 0 atom stereocenters. The predicted octanol–water partition coefficient (Wildman–Crippen LogP) is 3.38. The number of benzene rings is 2. The van der Waals surface area contributed by atoms with Gasteiger partial charge in [0.2, 0.25) is 5.91 Å². The number of hydrogen-bond acceptors (Lipinski definition) is 4. The lowest BCUT2D eigenvalue weighted by Gasteiger charge is -2.26. The van der Waals surface area contributed by atoms with E-state index < -0.39 is 0 Å². The highest BCUT2D eigenvalue weighted by Crippen LogP contribution is 2.25. The van der Waals surface area contributed by atoms with Crippen LogP contribution < -0.4 is 5.32 Å². The Morgan fingerprint density at radius 3 is 2.47 bits per heavy atom. The molecule has 1 N–H and O–H groups in total. The number of ether oxygens (including phenoxy) is 1. The summed E-state index contributed by atoms with van der Waals surface area (Å²) in [7, 11) is 0. The van der Waals surface area contributed by atoms with Crippen molar-refractivity contribution in [2.24, 2.45) is 0 Å². The van der Waals surface area contributed by atoms with E-state index in [2.05, 4.69) is 18.3 Å². The van der Waals surface area contributed by atoms with Gasteiger partial charge in [0.1, 0.15) is 5.58 Å². The summed E-state index contributed by atoms with van der Waals surface area (Å²) in [6.45, 7) is 6.93. The molecule has 156 valence electrons. The van der Waals surface area contributed by atoms with Crippen LogP contribution in [0.5, 0.6) is 0 Å². The van der Waals surface area contributed by atoms with Gasteiger partial charge >= 0.3 is 0 Å². The van der Waals surface area contributed by atoms with Crippen LogP contribution in [0.4, 0.5) is 0 Å². The molecule has 6 nitrogen and oxygen atoms in total. The van der Waals surface area contributed by atoms with Gasteiger partial charge in [-0.2, -0.15) is 0 Å². The second kappa shape index (κ2) is 8.71. The molecule has 0 bridgehead atoms. The Balaban J connectivity index is 1.34. The van der Waals surface area contributed by atoms with Gasteiger partial charge in [0.05, 0.1) is 25.9 Å². The summed E-state index contributed by atoms with van der Waals surface area (Å²) in [5.41, 5.74) is 5.65. The maximum Gasteiger partial charge on any atom is 0.254 e. The van der Waals surface area contributed by atoms with Crippen LogP contribution >= 0.6 is 0 Å². The molecule has 0 saturated carbocycles. The normalized spacial score (nSPS) is 14.1. The third kappa shape index (κ3) is 4.39. The summed E-state index contributed by atoms with van der Waals surface area (Å²) in [6, 6.07) is 11.5. The van der Waals surface area contributed by atoms with Gasteiger partial charge in [-0.05, 0) is 54.8 Å². The first-order chi connectivity index (χ1) is 14.5. The summed E-state index contributed by atoms with van der Waals surface area (Å²) in [5, 5.41) is 3.93. The molecule has 1 fully saturated rings. The Morgan fingerprint density at radius 1 is 1.03 bits per heavy atom. The van der Waals surface area contributed by atoms with Crippen LogP contribution in [0.25, 0.3) is 11.0 Å². The Kier molecular flexibility index (Phi) is 5.86. The second-order valence-corrected chi connectivity index (χ2v) is 7.75. The maximum atomic E-state index is 12.5. The molecule has 1 aliphatic heterocycles. The average Bonchev–Trinajstić information content (AvgIpc) is 3.14. The summed E-state index contributed by atoms with van der Waals surface area (Å²) < 4.78 is 10.9. The molecule has 6 heteroatoms. The van der Waals surface area contributed by atoms with Gasteiger partial charge in [-0.25, -0.2) is 0 Å². The van der Waals surface area contributed by atoms with Crippen LogP contribution in [-0.4, -0.2) is 43.0 Å². The molecule has 0 unspecified atom stereocenters. The molecular weight excluding hydrogens is 380 g/mol. The zero-order valence-corrected chi connectivity index (χ0v) is 17.4. The van der Waals surface area contributed by atoms with E-state index >= 15 is 0 Å². The zero-order chi connectivity index (χ0) is 21.1. The molecule has 3 aromatic rings. The van der Waals surface area contributed by atoms with Crippen LogP contribution in [0.1, 0.15) is 32.6 Å². The number of nitrogens with zero attached hydrogens (tertiary/aromatic N) is 1. The van der Waals surface area contributed by atoms with Gasteiger partial charge < -0.3 is 19.4 Å². The number of carbonyl (C=O) groups is 2. The van der Waals surface area contributed by atoms with Crippen LogP contribution in [0.2, 0.25) is 0 Å². The molecule has 1 saturated heterocycles. The number of furan rings is 1. The molecule has 2 aromatic carbocycles. The number of fused-ring (bicyclic) bond motifs is 1. The van der Waals surface area contributed by atoms with Crippen LogP contribution in [0, 0.1) is 13.8 Å². The summed E-state index contributed by atoms with van der Waals surface area (Å²) in [5.74, 6) is -0.0457. The number of amides is 2. The van der Waals surface area contributed by atoms with E-state index in [9.17, 15) is 9.59 Å². The largest absolute Gasteiger partial charge is 0.464 e. The minimum absolute atomic E-state index is 0.0197. The number of hydrogen-bond donors (Lipinski definition) is 1. The summed E-state index contributed by atoms with van der Waals surface area (Å²) >= 11 is 0. The van der Waals surface area contributed by atoms with Gasteiger partial charge in [-0.15, -0.1) is 0 Å². The highest BCUT2D eigenvalue weighted by molar-refractivity contribution is 5.94. The number of rotatable bonds is 5. The summed E-state index contributed by atoms with van der Waals surface area (Å²) in [4.78, 5) is 26.7. The fourth-order valence-corrected chi connectivity index (χ4v) is 3.62. The van der Waals surface area contributed by atoms with Crippen molar-refractivity contribution in [1.82, 2.24) is 10.2 Å². The minimum Gasteiger partial charge on any atom is -0.464 e. The van der Waals surface area contributed by atoms with E-state index in [1.165, 1.54) is 11.1 Å². The first-order valence-electron chi connectivity index (χ1n) is 10.2. The fraction of sp³-hybridized carbons (Fsp3) is 0.333. The van der Waals surface area contributed by atoms with Gasteiger partial charge in [0, 0.05) is 36.1 Å². The topological polar surface area (TPSA) is 71.8 Å². The van der Waals surface area contributed by atoms with E-state index in [4.69, 9.17) is 9.15 Å². The monoisotopic (exact) mass is 406 g/mol. The third-order valence-electron chi connectivity index (χ3n) is 5.61. The lowest BCUT2D eigenvalue weighted by Crippen LogP contribution is -2.40. The molecule has 1 aromatic heterocycles. The first-order valence-corrected chi connectivity index (χ1v) is 10.2. The number of aryl methyl sites for hydroxylation is 2. The van der Waals surface area contributed by atoms with Crippen molar-refractivity contribution in [2.45, 2.75) is 26.8 Å². The summed E-state index contributed by atoms with van der Waals surface area (Å²) in [6.07, 6.45) is 1.93. The van der Waals surface area contributed by atoms with E-state index in [0.29, 0.717) is 38.4 Å². The number of nitrogens with one attached hydrogen (secondary N) is 1. The number of morpholine rings is 1. The molecule has 0 spiro atoms. The molecule has 0 radical (unpaired) electrons. The van der Waals surface area contributed by atoms with E-state index in [-0.39, 0.29) is 18.2 Å². The lowest BCUT2D eigenvalue weighted by molar-refractivity contribution is -0.120. The van der Waals surface area contributed by atoms with E-state index in [1.807, 2.05) is 37.3 Å². The Labute approximate surface area is 175 Å². The van der Waals surface area contributed by atoms with Crippen LogP contribution in [-0.2, 0) is 22.5 Å². The lowest BCUT2D eigenvalue weighted by atomic mass is 10.0. The minimum atomic E-state index is -0.0654. The van der Waals surface area contributed by atoms with Crippen molar-refractivity contribution in [3.05, 3.63) is 70.5 Å². The predicted molar refractivity (Wildman–Crippen MR) is 114 cm³/mol. The highest BCUT2D eigenvalue weighted by atomic mass is 16.5. The van der Waals surface area contributed by atoms with Crippen molar-refractivity contribution in [2.75, 3.05) is 26.3 Å². The second-order valence-electron chi connectivity index (χ2n) is 7.75. The van der Waals surface area contributed by atoms with E-state index in [0.717, 1.165) is 22.1 Å². The molecule has 0 aliphatic carbocycles. The first kappa shape index (κ1) is 20.2. The van der Waals surface area contributed by atoms with Gasteiger partial charge in [-0.3, -0.25) is 9.59 Å². The molecule has 4 rings (SSSR count). The SMILES string of the molecule is Cc1cc2occ(CC(=O)NCc3ccc(C(=O)N4CCOCC4)cc3)c2cc1C. The highest BCUT2D eigenvalue weighted by Gasteiger charge is 2.18. The van der Waals surface area contributed by atoms with Crippen LogP contribution in [0.3, 0.4) is 0 Å². The molecular formula is C24H26N2O4. The third-order valence-corrected chi connectivity index (χ3v) is 5.61. The number of carbonyl (C=O) groups excluding carboxylic acids is 2.